The normalized spacial score (nSPS) is 10.8. The second-order valence-corrected chi connectivity index (χ2v) is 15.8. The Morgan fingerprint density at radius 1 is 0.439 bits per heavy atom. The van der Waals surface area contributed by atoms with Gasteiger partial charge in [-0.25, -0.2) is 0 Å². The summed E-state index contributed by atoms with van der Waals surface area (Å²) in [7, 11) is -2.15. The Bertz CT molecular complexity index is 1460. The van der Waals surface area contributed by atoms with Gasteiger partial charge in [0.15, 0.2) is 0 Å². The molecule has 0 heterocycles. The van der Waals surface area contributed by atoms with Gasteiger partial charge in [0, 0.05) is 31.2 Å². The highest BCUT2D eigenvalue weighted by Crippen LogP contribution is 2.12. The van der Waals surface area contributed by atoms with Gasteiger partial charge in [-0.3, -0.25) is 40.9 Å². The number of hydrogen-bond donors (Lipinski definition) is 4. The Morgan fingerprint density at radius 2 is 0.659 bits per heavy atom. The lowest BCUT2D eigenvalue weighted by molar-refractivity contribution is 0.0846. The molecule has 0 unspecified atom stereocenters. The Labute approximate surface area is 255 Å². The van der Waals surface area contributed by atoms with Crippen LogP contribution in [0.4, 0.5) is 0 Å². The maximum atomic E-state index is 12.6. The zero-order valence-corrected chi connectivity index (χ0v) is 26.3. The van der Waals surface area contributed by atoms with Gasteiger partial charge < -0.3 is 0 Å². The van der Waals surface area contributed by atoms with E-state index in [1.807, 2.05) is 24.3 Å². The molecule has 4 N–H and O–H groups in total. The van der Waals surface area contributed by atoms with E-state index >= 15 is 0 Å². The van der Waals surface area contributed by atoms with E-state index in [0.29, 0.717) is 22.3 Å². The molecular weight excluding hydrogens is 668 g/mol. The van der Waals surface area contributed by atoms with E-state index in [0.717, 1.165) is 19.3 Å². The van der Waals surface area contributed by atoms with Crippen molar-refractivity contribution in [1.29, 1.82) is 0 Å². The second-order valence-electron chi connectivity index (χ2n) is 9.61. The highest BCUT2D eigenvalue weighted by molar-refractivity contribution is 9.10. The van der Waals surface area contributed by atoms with Gasteiger partial charge in [0.25, 0.3) is 23.6 Å². The predicted molar refractivity (Wildman–Crippen MR) is 168 cm³/mol. The topological polar surface area (TPSA) is 116 Å². The molecule has 4 aromatic rings. The first-order valence-electron chi connectivity index (χ1n) is 12.5. The fourth-order valence-corrected chi connectivity index (χ4v) is 6.82. The third kappa shape index (κ3) is 7.57. The fourth-order valence-electron chi connectivity index (χ4n) is 3.96. The van der Waals surface area contributed by atoms with Crippen LogP contribution in [0, 0.1) is 0 Å². The zero-order valence-electron chi connectivity index (χ0n) is 22.1. The van der Waals surface area contributed by atoms with Crippen LogP contribution in [0.5, 0.6) is 0 Å². The molecule has 0 aliphatic rings. The van der Waals surface area contributed by atoms with Gasteiger partial charge in [-0.2, -0.15) is 0 Å². The molecule has 4 amide bonds. The number of hydrogen-bond acceptors (Lipinski definition) is 4. The summed E-state index contributed by atoms with van der Waals surface area (Å²) in [6.07, 6.45) is 0. The standard InChI is InChI=1S/C30H26Br2N4O4Si/c1-41(2,25-15-7-21(8-16-25)29(39)35-33-27(37)19-3-11-23(31)12-4-19)26-17-9-22(10-18-26)30(40)36-34-28(38)20-5-13-24(32)14-6-20/h3-18H,1-2H3,(H,33,37)(H,34,38)(H,35,39)(H,36,40). The van der Waals surface area contributed by atoms with Gasteiger partial charge in [0.1, 0.15) is 8.07 Å². The number of rotatable bonds is 6. The van der Waals surface area contributed by atoms with E-state index in [1.54, 1.807) is 72.8 Å². The van der Waals surface area contributed by atoms with Crippen LogP contribution in [0.1, 0.15) is 41.4 Å². The second kappa shape index (κ2) is 13.1. The molecule has 0 radical (unpaired) electrons. The number of hydrazine groups is 2. The molecule has 0 bridgehead atoms. The van der Waals surface area contributed by atoms with Crippen LogP contribution in [0.15, 0.2) is 106 Å². The van der Waals surface area contributed by atoms with Gasteiger partial charge >= 0.3 is 0 Å². The van der Waals surface area contributed by atoms with Gasteiger partial charge in [-0.15, -0.1) is 0 Å². The molecule has 208 valence electrons. The fraction of sp³-hybridized carbons (Fsp3) is 0.0667. The van der Waals surface area contributed by atoms with Crippen LogP contribution >= 0.6 is 31.9 Å². The molecule has 4 aromatic carbocycles. The van der Waals surface area contributed by atoms with Crippen molar-refractivity contribution in [1.82, 2.24) is 21.7 Å². The summed E-state index contributed by atoms with van der Waals surface area (Å²) < 4.78 is 1.70. The summed E-state index contributed by atoms with van der Waals surface area (Å²) in [6.45, 7) is 4.35. The lowest BCUT2D eigenvalue weighted by Gasteiger charge is -2.24. The van der Waals surface area contributed by atoms with Crippen LogP contribution < -0.4 is 32.1 Å². The minimum Gasteiger partial charge on any atom is -0.267 e. The highest BCUT2D eigenvalue weighted by Gasteiger charge is 2.26. The Morgan fingerprint density at radius 3 is 0.902 bits per heavy atom. The number of amides is 4. The van der Waals surface area contributed by atoms with Crippen LogP contribution in [0.2, 0.25) is 13.1 Å². The third-order valence-corrected chi connectivity index (χ3v) is 11.1. The van der Waals surface area contributed by atoms with E-state index in [9.17, 15) is 19.2 Å². The smallest absolute Gasteiger partial charge is 0.267 e. The lowest BCUT2D eigenvalue weighted by Crippen LogP contribution is -2.53. The third-order valence-electron chi connectivity index (χ3n) is 6.53. The molecule has 0 aliphatic heterocycles. The summed E-state index contributed by atoms with van der Waals surface area (Å²) in [5, 5.41) is 2.18. The summed E-state index contributed by atoms with van der Waals surface area (Å²) in [5.41, 5.74) is 11.4. The van der Waals surface area contributed by atoms with Gasteiger partial charge in [-0.05, 0) is 72.8 Å². The number of carbonyl (C=O) groups excluding carboxylic acids is 4. The van der Waals surface area contributed by atoms with Crippen LogP contribution in [-0.4, -0.2) is 31.7 Å². The molecule has 4 rings (SSSR count). The first-order chi connectivity index (χ1) is 19.5. The Balaban J connectivity index is 1.34. The SMILES string of the molecule is C[Si](C)(c1ccc(C(=O)NNC(=O)c2ccc(Br)cc2)cc1)c1ccc(C(=O)NNC(=O)c2ccc(Br)cc2)cc1. The van der Waals surface area contributed by atoms with Crippen LogP contribution in [-0.2, 0) is 0 Å². The maximum absolute atomic E-state index is 12.6. The molecule has 0 saturated heterocycles. The average molecular weight is 694 g/mol. The van der Waals surface area contributed by atoms with E-state index in [4.69, 9.17) is 0 Å². The van der Waals surface area contributed by atoms with E-state index in [2.05, 4.69) is 66.7 Å². The van der Waals surface area contributed by atoms with E-state index in [-0.39, 0.29) is 0 Å². The maximum Gasteiger partial charge on any atom is 0.269 e. The summed E-state index contributed by atoms with van der Waals surface area (Å²) >= 11 is 6.64. The van der Waals surface area contributed by atoms with Crippen molar-refractivity contribution < 1.29 is 19.2 Å². The highest BCUT2D eigenvalue weighted by atomic mass is 79.9. The zero-order chi connectivity index (χ0) is 29.6. The van der Waals surface area contributed by atoms with Crippen molar-refractivity contribution >= 4 is 73.9 Å². The van der Waals surface area contributed by atoms with Crippen molar-refractivity contribution in [2.75, 3.05) is 0 Å². The molecule has 0 fully saturated rings. The average Bonchev–Trinajstić information content (AvgIpc) is 2.99. The van der Waals surface area contributed by atoms with Crippen LogP contribution in [0.25, 0.3) is 0 Å². The van der Waals surface area contributed by atoms with Crippen molar-refractivity contribution in [3.63, 3.8) is 0 Å². The first-order valence-corrected chi connectivity index (χ1v) is 17.1. The summed E-state index contributed by atoms with van der Waals surface area (Å²) in [4.78, 5) is 49.6. The molecule has 0 aliphatic carbocycles. The largest absolute Gasteiger partial charge is 0.269 e. The molecule has 41 heavy (non-hydrogen) atoms. The number of nitrogens with one attached hydrogen (secondary N) is 4. The molecule has 8 nitrogen and oxygen atoms in total. The summed E-state index contributed by atoms with van der Waals surface area (Å²) in [6, 6.07) is 28.1. The van der Waals surface area contributed by atoms with E-state index < -0.39 is 31.7 Å². The van der Waals surface area contributed by atoms with E-state index in [1.165, 1.54) is 0 Å². The lowest BCUT2D eigenvalue weighted by atomic mass is 10.2. The molecular formula is C30H26Br2N4O4Si. The molecule has 0 atom stereocenters. The molecule has 0 spiro atoms. The van der Waals surface area contributed by atoms with Crippen molar-refractivity contribution in [2.45, 2.75) is 13.1 Å². The first kappa shape index (κ1) is 29.9. The van der Waals surface area contributed by atoms with Crippen molar-refractivity contribution in [3.8, 4) is 0 Å². The molecule has 11 heteroatoms. The number of halogens is 2. The minimum absolute atomic E-state index is 0.409. The minimum atomic E-state index is -2.15. The van der Waals surface area contributed by atoms with Gasteiger partial charge in [-0.1, -0.05) is 79.6 Å². The number of benzene rings is 4. The predicted octanol–water partition coefficient (Wildman–Crippen LogP) is 4.18. The quantitative estimate of drug-likeness (QED) is 0.179. The van der Waals surface area contributed by atoms with Gasteiger partial charge in [0.05, 0.1) is 0 Å². The van der Waals surface area contributed by atoms with Crippen molar-refractivity contribution in [2.24, 2.45) is 0 Å². The van der Waals surface area contributed by atoms with Gasteiger partial charge in [0.2, 0.25) is 0 Å². The molecule has 0 saturated carbocycles. The Hall–Kier alpha value is -4.06. The number of carbonyl (C=O) groups is 4. The van der Waals surface area contributed by atoms with Crippen molar-refractivity contribution in [3.05, 3.63) is 128 Å². The monoisotopic (exact) mass is 692 g/mol. The van der Waals surface area contributed by atoms with Crippen LogP contribution in [0.3, 0.4) is 0 Å². The summed E-state index contributed by atoms with van der Waals surface area (Å²) in [5.74, 6) is -1.69. The molecule has 0 aromatic heterocycles. The Kier molecular flexibility index (Phi) is 9.53.